The number of rotatable bonds is 10. The molecule has 0 saturated heterocycles. The zero-order valence-electron chi connectivity index (χ0n) is 19.3. The molecule has 0 spiro atoms. The van der Waals surface area contributed by atoms with Gasteiger partial charge in [0.15, 0.2) is 11.5 Å². The number of amides is 1. The van der Waals surface area contributed by atoms with Gasteiger partial charge >= 0.3 is 0 Å². The molecule has 0 bridgehead atoms. The topological polar surface area (TPSA) is 72.0 Å². The van der Waals surface area contributed by atoms with Gasteiger partial charge in [0.05, 0.1) is 19.4 Å². The number of hydrogen-bond acceptors (Lipinski definition) is 5. The summed E-state index contributed by atoms with van der Waals surface area (Å²) in [7, 11) is 0. The summed E-state index contributed by atoms with van der Waals surface area (Å²) in [6.45, 7) is 2.90. The van der Waals surface area contributed by atoms with E-state index in [0.717, 1.165) is 27.6 Å². The maximum atomic E-state index is 12.3. The molecule has 0 radical (unpaired) electrons. The van der Waals surface area contributed by atoms with Crippen molar-refractivity contribution in [1.29, 1.82) is 0 Å². The Morgan fingerprint density at radius 2 is 1.74 bits per heavy atom. The van der Waals surface area contributed by atoms with Gasteiger partial charge in [0.25, 0.3) is 5.91 Å². The SMILES string of the molecule is CCOc1cc(/C=N\NC(=O)CNc2cccc3ccccc23)ccc1OCc1ccc(Cl)cc1. The van der Waals surface area contributed by atoms with Crippen LogP contribution in [-0.4, -0.2) is 25.3 Å². The number of carbonyl (C=O) groups excluding carboxylic acids is 1. The van der Waals surface area contributed by atoms with E-state index in [9.17, 15) is 4.79 Å². The van der Waals surface area contributed by atoms with Gasteiger partial charge in [-0.2, -0.15) is 5.10 Å². The van der Waals surface area contributed by atoms with E-state index in [-0.39, 0.29) is 12.5 Å². The zero-order chi connectivity index (χ0) is 24.5. The standard InChI is InChI=1S/C28H26ClN3O3/c1-2-34-27-16-21(12-15-26(27)35-19-20-10-13-23(29)14-11-20)17-31-32-28(33)18-30-25-9-5-7-22-6-3-4-8-24(22)25/h3-17,30H,2,18-19H2,1H3,(H,32,33)/b31-17-. The van der Waals surface area contributed by atoms with Crippen molar-refractivity contribution in [2.24, 2.45) is 5.10 Å². The van der Waals surface area contributed by atoms with Crippen LogP contribution < -0.4 is 20.2 Å². The molecule has 4 aromatic rings. The Bertz CT molecular complexity index is 1320. The molecule has 0 aromatic heterocycles. The number of benzene rings is 4. The van der Waals surface area contributed by atoms with Crippen LogP contribution in [0.25, 0.3) is 10.8 Å². The molecule has 0 atom stereocenters. The average molecular weight is 488 g/mol. The number of nitrogens with one attached hydrogen (secondary N) is 2. The van der Waals surface area contributed by atoms with Crippen LogP contribution in [0, 0.1) is 0 Å². The lowest BCUT2D eigenvalue weighted by Gasteiger charge is -2.12. The van der Waals surface area contributed by atoms with Gasteiger partial charge in [-0.25, -0.2) is 5.43 Å². The zero-order valence-corrected chi connectivity index (χ0v) is 20.1. The predicted molar refractivity (Wildman–Crippen MR) is 142 cm³/mol. The van der Waals surface area contributed by atoms with Crippen LogP contribution in [-0.2, 0) is 11.4 Å². The Morgan fingerprint density at radius 1 is 0.943 bits per heavy atom. The van der Waals surface area contributed by atoms with Gasteiger partial charge in [-0.05, 0) is 59.8 Å². The number of hydrazone groups is 1. The van der Waals surface area contributed by atoms with E-state index in [0.29, 0.717) is 29.7 Å². The third-order valence-electron chi connectivity index (χ3n) is 5.21. The summed E-state index contributed by atoms with van der Waals surface area (Å²) in [5.74, 6) is 0.985. The number of nitrogens with zero attached hydrogens (tertiary/aromatic N) is 1. The first-order chi connectivity index (χ1) is 17.1. The van der Waals surface area contributed by atoms with Gasteiger partial charge in [0, 0.05) is 16.1 Å². The van der Waals surface area contributed by atoms with E-state index in [1.807, 2.05) is 91.9 Å². The highest BCUT2D eigenvalue weighted by atomic mass is 35.5. The summed E-state index contributed by atoms with van der Waals surface area (Å²) in [6.07, 6.45) is 1.57. The maximum Gasteiger partial charge on any atom is 0.259 e. The molecule has 0 heterocycles. The number of anilines is 1. The molecule has 6 nitrogen and oxygen atoms in total. The highest BCUT2D eigenvalue weighted by Crippen LogP contribution is 2.29. The van der Waals surface area contributed by atoms with Gasteiger partial charge in [0.1, 0.15) is 6.61 Å². The molecule has 1 amide bonds. The van der Waals surface area contributed by atoms with Crippen molar-refractivity contribution in [2.75, 3.05) is 18.5 Å². The summed E-state index contributed by atoms with van der Waals surface area (Å²) in [5, 5.41) is 10.1. The van der Waals surface area contributed by atoms with E-state index in [2.05, 4.69) is 15.8 Å². The largest absolute Gasteiger partial charge is 0.490 e. The highest BCUT2D eigenvalue weighted by molar-refractivity contribution is 6.30. The molecule has 178 valence electrons. The average Bonchev–Trinajstić information content (AvgIpc) is 2.88. The number of fused-ring (bicyclic) bond motifs is 1. The number of hydrogen-bond donors (Lipinski definition) is 2. The summed E-state index contributed by atoms with van der Waals surface area (Å²) in [4.78, 5) is 12.3. The van der Waals surface area contributed by atoms with Crippen molar-refractivity contribution >= 4 is 40.2 Å². The highest BCUT2D eigenvalue weighted by Gasteiger charge is 2.07. The molecule has 0 aliphatic heterocycles. The lowest BCUT2D eigenvalue weighted by molar-refractivity contribution is -0.119. The molecule has 0 fully saturated rings. The van der Waals surface area contributed by atoms with Gasteiger partial charge in [-0.1, -0.05) is 60.1 Å². The second-order valence-corrected chi connectivity index (χ2v) is 8.16. The smallest absolute Gasteiger partial charge is 0.259 e. The molecular formula is C28H26ClN3O3. The van der Waals surface area contributed by atoms with E-state index in [1.54, 1.807) is 6.21 Å². The van der Waals surface area contributed by atoms with Crippen LogP contribution in [0.5, 0.6) is 11.5 Å². The molecule has 0 aliphatic carbocycles. The molecule has 0 saturated carbocycles. The molecule has 0 aliphatic rings. The molecule has 4 aromatic carbocycles. The van der Waals surface area contributed by atoms with Crippen molar-refractivity contribution in [1.82, 2.24) is 5.43 Å². The van der Waals surface area contributed by atoms with Gasteiger partial charge < -0.3 is 14.8 Å². The van der Waals surface area contributed by atoms with Crippen molar-refractivity contribution in [2.45, 2.75) is 13.5 Å². The van der Waals surface area contributed by atoms with Crippen LogP contribution in [0.15, 0.2) is 90.0 Å². The molecular weight excluding hydrogens is 462 g/mol. The quantitative estimate of drug-likeness (QED) is 0.211. The monoisotopic (exact) mass is 487 g/mol. The Labute approximate surface area is 209 Å². The number of ether oxygens (including phenoxy) is 2. The van der Waals surface area contributed by atoms with Crippen LogP contribution in [0.2, 0.25) is 5.02 Å². The fourth-order valence-corrected chi connectivity index (χ4v) is 3.63. The number of halogens is 1. The van der Waals surface area contributed by atoms with E-state index >= 15 is 0 Å². The fraction of sp³-hybridized carbons (Fsp3) is 0.143. The minimum absolute atomic E-state index is 0.104. The minimum atomic E-state index is -0.248. The molecule has 4 rings (SSSR count). The summed E-state index contributed by atoms with van der Waals surface area (Å²) >= 11 is 5.94. The first-order valence-electron chi connectivity index (χ1n) is 11.3. The Kier molecular flexibility index (Phi) is 8.20. The van der Waals surface area contributed by atoms with Crippen molar-refractivity contribution in [3.05, 3.63) is 101 Å². The first kappa shape index (κ1) is 24.1. The summed E-state index contributed by atoms with van der Waals surface area (Å²) < 4.78 is 11.7. The lowest BCUT2D eigenvalue weighted by atomic mass is 10.1. The predicted octanol–water partition coefficient (Wildman–Crippen LogP) is 6.03. The van der Waals surface area contributed by atoms with Crippen molar-refractivity contribution < 1.29 is 14.3 Å². The second kappa shape index (κ2) is 11.9. The third kappa shape index (κ3) is 6.74. The molecule has 7 heteroatoms. The third-order valence-corrected chi connectivity index (χ3v) is 5.46. The van der Waals surface area contributed by atoms with Crippen LogP contribution in [0.1, 0.15) is 18.1 Å². The molecule has 35 heavy (non-hydrogen) atoms. The lowest BCUT2D eigenvalue weighted by Crippen LogP contribution is -2.25. The molecule has 2 N–H and O–H groups in total. The van der Waals surface area contributed by atoms with E-state index in [1.165, 1.54) is 0 Å². The normalized spacial score (nSPS) is 10.9. The maximum absolute atomic E-state index is 12.3. The Balaban J connectivity index is 1.33. The van der Waals surface area contributed by atoms with Crippen molar-refractivity contribution in [3.8, 4) is 11.5 Å². The first-order valence-corrected chi connectivity index (χ1v) is 11.7. The van der Waals surface area contributed by atoms with E-state index < -0.39 is 0 Å². The van der Waals surface area contributed by atoms with Gasteiger partial charge in [-0.15, -0.1) is 0 Å². The number of carbonyl (C=O) groups is 1. The second-order valence-electron chi connectivity index (χ2n) is 7.73. The van der Waals surface area contributed by atoms with Crippen molar-refractivity contribution in [3.63, 3.8) is 0 Å². The summed E-state index contributed by atoms with van der Waals surface area (Å²) in [5.41, 5.74) is 5.23. The van der Waals surface area contributed by atoms with Crippen LogP contribution in [0.4, 0.5) is 5.69 Å². The van der Waals surface area contributed by atoms with Crippen LogP contribution >= 0.6 is 11.6 Å². The minimum Gasteiger partial charge on any atom is -0.490 e. The van der Waals surface area contributed by atoms with Crippen LogP contribution in [0.3, 0.4) is 0 Å². The molecule has 0 unspecified atom stereocenters. The Morgan fingerprint density at radius 3 is 2.57 bits per heavy atom. The fourth-order valence-electron chi connectivity index (χ4n) is 3.51. The van der Waals surface area contributed by atoms with E-state index in [4.69, 9.17) is 21.1 Å². The van der Waals surface area contributed by atoms with Gasteiger partial charge in [0.2, 0.25) is 0 Å². The summed E-state index contributed by atoms with van der Waals surface area (Å²) in [6, 6.07) is 27.0. The van der Waals surface area contributed by atoms with Gasteiger partial charge in [-0.3, -0.25) is 4.79 Å². The Hall–Kier alpha value is -4.03.